The minimum Gasteiger partial charge on any atom is -0.458 e. The molecule has 168 valence electrons. The van der Waals surface area contributed by atoms with Crippen LogP contribution in [-0.2, 0) is 34.0 Å². The van der Waals surface area contributed by atoms with Crippen LogP contribution >= 0.6 is 0 Å². The Hall–Kier alpha value is -2.46. The quantitative estimate of drug-likeness (QED) is 0.298. The second-order valence-corrected chi connectivity index (χ2v) is 10.5. The van der Waals surface area contributed by atoms with Gasteiger partial charge in [-0.05, 0) is 57.4 Å². The fraction of sp³-hybridized carbons (Fsp3) is 0.571. The highest BCUT2D eigenvalue weighted by Crippen LogP contribution is 2.63. The summed E-state index contributed by atoms with van der Waals surface area (Å²) in [5, 5.41) is 0. The SMILES string of the molecule is CCC(C)(C)C(=O)OC1C2CC3C1OC(=O)C3(C(=O)Oc1ccc(S(=O)(=O)O)cc1)C2. The van der Waals surface area contributed by atoms with Crippen LogP contribution in [0.2, 0.25) is 0 Å². The van der Waals surface area contributed by atoms with Crippen LogP contribution < -0.4 is 4.74 Å². The predicted octanol–water partition coefficient (Wildman–Crippen LogP) is 2.14. The third-order valence-corrected chi connectivity index (χ3v) is 7.81. The van der Waals surface area contributed by atoms with Crippen molar-refractivity contribution in [1.82, 2.24) is 0 Å². The van der Waals surface area contributed by atoms with E-state index in [1.54, 1.807) is 13.8 Å². The van der Waals surface area contributed by atoms with Crippen LogP contribution in [0.5, 0.6) is 5.75 Å². The zero-order valence-electron chi connectivity index (χ0n) is 17.4. The molecule has 10 heteroatoms. The molecule has 1 heterocycles. The lowest BCUT2D eigenvalue weighted by atomic mass is 9.73. The molecule has 3 aliphatic rings. The van der Waals surface area contributed by atoms with Crippen LogP contribution in [0.15, 0.2) is 29.2 Å². The molecule has 9 nitrogen and oxygen atoms in total. The largest absolute Gasteiger partial charge is 0.458 e. The van der Waals surface area contributed by atoms with Gasteiger partial charge in [0.2, 0.25) is 0 Å². The van der Waals surface area contributed by atoms with Crippen molar-refractivity contribution in [1.29, 1.82) is 0 Å². The van der Waals surface area contributed by atoms with E-state index in [1.165, 1.54) is 12.1 Å². The van der Waals surface area contributed by atoms with Gasteiger partial charge in [-0.25, -0.2) is 0 Å². The Labute approximate surface area is 179 Å². The van der Waals surface area contributed by atoms with E-state index in [0.717, 1.165) is 12.1 Å². The predicted molar refractivity (Wildman–Crippen MR) is 104 cm³/mol. The highest BCUT2D eigenvalue weighted by atomic mass is 32.2. The van der Waals surface area contributed by atoms with Gasteiger partial charge in [0.15, 0.2) is 5.41 Å². The zero-order valence-corrected chi connectivity index (χ0v) is 18.2. The summed E-state index contributed by atoms with van der Waals surface area (Å²) in [6, 6.07) is 4.63. The first-order valence-corrected chi connectivity index (χ1v) is 11.6. The molecule has 0 amide bonds. The second kappa shape index (κ2) is 7.03. The Morgan fingerprint density at radius 1 is 1.26 bits per heavy atom. The molecule has 1 N–H and O–H groups in total. The van der Waals surface area contributed by atoms with Gasteiger partial charge in [-0.15, -0.1) is 0 Å². The number of hydrogen-bond donors (Lipinski definition) is 1. The molecular weight excluding hydrogens is 428 g/mol. The maximum absolute atomic E-state index is 13.0. The highest BCUT2D eigenvalue weighted by Gasteiger charge is 2.75. The van der Waals surface area contributed by atoms with E-state index >= 15 is 0 Å². The number of benzene rings is 1. The molecule has 1 saturated heterocycles. The summed E-state index contributed by atoms with van der Waals surface area (Å²) >= 11 is 0. The molecule has 0 radical (unpaired) electrons. The van der Waals surface area contributed by atoms with E-state index in [0.29, 0.717) is 12.8 Å². The van der Waals surface area contributed by atoms with Gasteiger partial charge in [-0.3, -0.25) is 18.9 Å². The number of rotatable bonds is 6. The van der Waals surface area contributed by atoms with Gasteiger partial charge in [0.05, 0.1) is 10.3 Å². The first-order chi connectivity index (χ1) is 14.4. The first-order valence-electron chi connectivity index (χ1n) is 10.1. The van der Waals surface area contributed by atoms with Crippen LogP contribution in [0.25, 0.3) is 0 Å². The fourth-order valence-electron chi connectivity index (χ4n) is 4.74. The van der Waals surface area contributed by atoms with Crippen molar-refractivity contribution < 1.29 is 41.6 Å². The molecule has 31 heavy (non-hydrogen) atoms. The van der Waals surface area contributed by atoms with E-state index in [9.17, 15) is 22.8 Å². The van der Waals surface area contributed by atoms with Gasteiger partial charge in [-0.1, -0.05) is 6.92 Å². The third-order valence-electron chi connectivity index (χ3n) is 6.94. The Bertz CT molecular complexity index is 1040. The van der Waals surface area contributed by atoms with Crippen molar-refractivity contribution in [2.75, 3.05) is 0 Å². The number of carbonyl (C=O) groups is 3. The van der Waals surface area contributed by atoms with Gasteiger partial charge >= 0.3 is 17.9 Å². The Balaban J connectivity index is 1.51. The highest BCUT2D eigenvalue weighted by molar-refractivity contribution is 7.85. The zero-order chi connectivity index (χ0) is 22.8. The topological polar surface area (TPSA) is 133 Å². The summed E-state index contributed by atoms with van der Waals surface area (Å²) in [6.45, 7) is 5.47. The van der Waals surface area contributed by atoms with E-state index in [4.69, 9.17) is 18.8 Å². The van der Waals surface area contributed by atoms with Crippen LogP contribution in [0.3, 0.4) is 0 Å². The molecule has 3 fully saturated rings. The van der Waals surface area contributed by atoms with Crippen LogP contribution in [-0.4, -0.2) is 43.1 Å². The van der Waals surface area contributed by atoms with Crippen LogP contribution in [0.4, 0.5) is 0 Å². The van der Waals surface area contributed by atoms with Crippen molar-refractivity contribution in [3.63, 3.8) is 0 Å². The fourth-order valence-corrected chi connectivity index (χ4v) is 5.22. The average Bonchev–Trinajstić information content (AvgIpc) is 3.30. The average molecular weight is 452 g/mol. The lowest BCUT2D eigenvalue weighted by Crippen LogP contribution is -2.47. The van der Waals surface area contributed by atoms with Crippen molar-refractivity contribution in [2.45, 2.75) is 57.1 Å². The molecule has 2 aliphatic carbocycles. The number of ether oxygens (including phenoxy) is 3. The molecule has 5 unspecified atom stereocenters. The van der Waals surface area contributed by atoms with Crippen LogP contribution in [0, 0.1) is 22.7 Å². The Kier molecular flexibility index (Phi) is 4.93. The second-order valence-electron chi connectivity index (χ2n) is 9.09. The van der Waals surface area contributed by atoms with E-state index in [1.807, 2.05) is 6.92 Å². The number of hydrogen-bond acceptors (Lipinski definition) is 8. The van der Waals surface area contributed by atoms with Gasteiger partial charge < -0.3 is 14.2 Å². The summed E-state index contributed by atoms with van der Waals surface area (Å²) in [4.78, 5) is 37.9. The van der Waals surface area contributed by atoms with Crippen molar-refractivity contribution >= 4 is 28.0 Å². The standard InChI is InChI=1S/C21H24O9S/c1-4-20(2,3)17(22)29-15-11-9-14-16(15)30-19(24)21(14,10-11)18(23)28-12-5-7-13(8-6-12)31(25,26)27/h5-8,11,14-16H,4,9-10H2,1-3H3,(H,25,26,27). The molecule has 2 saturated carbocycles. The normalized spacial score (nSPS) is 31.4. The van der Waals surface area contributed by atoms with Gasteiger partial charge in [-0.2, -0.15) is 8.42 Å². The summed E-state index contributed by atoms with van der Waals surface area (Å²) in [7, 11) is -4.37. The number of carbonyl (C=O) groups excluding carboxylic acids is 3. The first kappa shape index (κ1) is 21.8. The van der Waals surface area contributed by atoms with E-state index < -0.39 is 51.0 Å². The monoisotopic (exact) mass is 452 g/mol. The van der Waals surface area contributed by atoms with Crippen molar-refractivity contribution in [2.24, 2.45) is 22.7 Å². The van der Waals surface area contributed by atoms with Gasteiger partial charge in [0.25, 0.3) is 10.1 Å². The van der Waals surface area contributed by atoms with Crippen LogP contribution in [0.1, 0.15) is 40.0 Å². The number of fused-ring (bicyclic) bond motifs is 1. The summed E-state index contributed by atoms with van der Waals surface area (Å²) < 4.78 is 47.9. The Morgan fingerprint density at radius 3 is 2.48 bits per heavy atom. The molecule has 1 aliphatic heterocycles. The van der Waals surface area contributed by atoms with Crippen molar-refractivity contribution in [3.05, 3.63) is 24.3 Å². The molecule has 0 aromatic heterocycles. The van der Waals surface area contributed by atoms with E-state index in [-0.39, 0.29) is 29.0 Å². The molecule has 5 atom stereocenters. The molecule has 1 aromatic carbocycles. The molecule has 1 aromatic rings. The maximum atomic E-state index is 13.0. The summed E-state index contributed by atoms with van der Waals surface area (Å²) in [6.07, 6.45) is 0.0167. The third kappa shape index (κ3) is 3.32. The molecule has 0 spiro atoms. The van der Waals surface area contributed by atoms with Gasteiger partial charge in [0, 0.05) is 11.8 Å². The lowest BCUT2D eigenvalue weighted by molar-refractivity contribution is -0.170. The lowest BCUT2D eigenvalue weighted by Gasteiger charge is -2.32. The van der Waals surface area contributed by atoms with Gasteiger partial charge in [0.1, 0.15) is 18.0 Å². The Morgan fingerprint density at radius 2 is 1.90 bits per heavy atom. The van der Waals surface area contributed by atoms with Crippen molar-refractivity contribution in [3.8, 4) is 5.75 Å². The minimum atomic E-state index is -4.37. The number of esters is 3. The molecule has 2 bridgehead atoms. The molecular formula is C21H24O9S. The molecule has 4 rings (SSSR count). The smallest absolute Gasteiger partial charge is 0.329 e. The summed E-state index contributed by atoms with van der Waals surface area (Å²) in [5.74, 6) is -2.41. The van der Waals surface area contributed by atoms with E-state index in [2.05, 4.69) is 0 Å². The minimum absolute atomic E-state index is 0.0403. The summed E-state index contributed by atoms with van der Waals surface area (Å²) in [5.41, 5.74) is -2.12. The maximum Gasteiger partial charge on any atom is 0.329 e.